The monoisotopic (exact) mass is 443 g/mol. The van der Waals surface area contributed by atoms with Crippen molar-refractivity contribution in [2.75, 3.05) is 44.2 Å². The maximum absolute atomic E-state index is 10.3. The molecule has 2 aromatic rings. The number of aromatic nitrogens is 2. The first-order valence-electron chi connectivity index (χ1n) is 11.4. The number of anilines is 1. The Morgan fingerprint density at radius 3 is 2.52 bits per heavy atom. The van der Waals surface area contributed by atoms with E-state index in [2.05, 4.69) is 58.0 Å². The van der Waals surface area contributed by atoms with E-state index in [4.69, 9.17) is 11.6 Å². The molecule has 2 aliphatic rings. The normalized spacial score (nSPS) is 22.7. The van der Waals surface area contributed by atoms with Gasteiger partial charge >= 0.3 is 0 Å². The summed E-state index contributed by atoms with van der Waals surface area (Å²) in [6.45, 7) is 12.4. The van der Waals surface area contributed by atoms with Crippen molar-refractivity contribution in [2.24, 2.45) is 0 Å². The number of rotatable bonds is 7. The number of benzene rings is 1. The quantitative estimate of drug-likeness (QED) is 0.682. The molecule has 168 valence electrons. The highest BCUT2D eigenvalue weighted by molar-refractivity contribution is 6.30. The van der Waals surface area contributed by atoms with Gasteiger partial charge in [-0.15, -0.1) is 0 Å². The highest BCUT2D eigenvalue weighted by atomic mass is 35.5. The van der Waals surface area contributed by atoms with Gasteiger partial charge in [0.25, 0.3) is 0 Å². The maximum Gasteiger partial charge on any atom is 0.135 e. The van der Waals surface area contributed by atoms with Gasteiger partial charge in [-0.3, -0.25) is 4.90 Å². The number of hydrogen-bond acceptors (Lipinski definition) is 6. The lowest BCUT2D eigenvalue weighted by atomic mass is 9.97. The third kappa shape index (κ3) is 5.20. The summed E-state index contributed by atoms with van der Waals surface area (Å²) in [4.78, 5) is 13.9. The van der Waals surface area contributed by atoms with Gasteiger partial charge in [0.1, 0.15) is 12.1 Å². The average molecular weight is 444 g/mol. The standard InChI is InChI=1S/C24H34ClN5O/c1-16(2)26-13-19(18-4-6-20(25)7-5-18)14-29-8-10-30(11-9-29)24-22-17(3)12-21(31)23(22)27-15-28-24/h4-7,15-17,19,21,26,31H,8-14H2,1-3H3/t17-,19+,21-/m1/s1. The second kappa shape index (κ2) is 9.82. The maximum atomic E-state index is 10.3. The van der Waals surface area contributed by atoms with E-state index in [1.807, 2.05) is 12.1 Å². The molecule has 7 heteroatoms. The van der Waals surface area contributed by atoms with Gasteiger partial charge in [0.15, 0.2) is 0 Å². The summed E-state index contributed by atoms with van der Waals surface area (Å²) in [6, 6.07) is 8.75. The van der Waals surface area contributed by atoms with Gasteiger partial charge in [-0.25, -0.2) is 9.97 Å². The molecule has 0 unspecified atom stereocenters. The summed E-state index contributed by atoms with van der Waals surface area (Å²) in [5.74, 6) is 1.74. The number of halogens is 1. The zero-order chi connectivity index (χ0) is 22.0. The van der Waals surface area contributed by atoms with Crippen LogP contribution in [0, 0.1) is 0 Å². The van der Waals surface area contributed by atoms with Crippen LogP contribution in [0.15, 0.2) is 30.6 Å². The third-order valence-corrected chi connectivity index (χ3v) is 6.80. The number of fused-ring (bicyclic) bond motifs is 1. The van der Waals surface area contributed by atoms with Crippen molar-refractivity contribution in [3.05, 3.63) is 52.4 Å². The molecule has 2 N–H and O–H groups in total. The molecule has 3 atom stereocenters. The molecule has 0 saturated carbocycles. The van der Waals surface area contributed by atoms with Crippen LogP contribution in [-0.4, -0.2) is 65.3 Å². The van der Waals surface area contributed by atoms with E-state index in [9.17, 15) is 5.11 Å². The second-order valence-corrected chi connectivity index (χ2v) is 9.68. The Bertz CT molecular complexity index is 867. The van der Waals surface area contributed by atoms with Gasteiger partial charge < -0.3 is 15.3 Å². The van der Waals surface area contributed by atoms with Gasteiger partial charge in [0.05, 0.1) is 11.8 Å². The molecule has 31 heavy (non-hydrogen) atoms. The van der Waals surface area contributed by atoms with E-state index >= 15 is 0 Å². The van der Waals surface area contributed by atoms with Crippen LogP contribution >= 0.6 is 11.6 Å². The minimum atomic E-state index is -0.457. The summed E-state index contributed by atoms with van der Waals surface area (Å²) < 4.78 is 0. The third-order valence-electron chi connectivity index (χ3n) is 6.54. The van der Waals surface area contributed by atoms with E-state index in [-0.39, 0.29) is 0 Å². The largest absolute Gasteiger partial charge is 0.387 e. The molecule has 0 amide bonds. The molecule has 1 aromatic carbocycles. The zero-order valence-electron chi connectivity index (χ0n) is 18.8. The van der Waals surface area contributed by atoms with Crippen LogP contribution in [0.4, 0.5) is 5.82 Å². The molecule has 1 aliphatic heterocycles. The van der Waals surface area contributed by atoms with E-state index in [0.717, 1.165) is 67.8 Å². The molecular weight excluding hydrogens is 410 g/mol. The van der Waals surface area contributed by atoms with Crippen LogP contribution in [0.25, 0.3) is 0 Å². The first kappa shape index (κ1) is 22.5. The summed E-state index contributed by atoms with van der Waals surface area (Å²) in [7, 11) is 0. The lowest BCUT2D eigenvalue weighted by molar-refractivity contribution is 0.170. The lowest BCUT2D eigenvalue weighted by Crippen LogP contribution is -2.49. The predicted octanol–water partition coefficient (Wildman–Crippen LogP) is 3.57. The zero-order valence-corrected chi connectivity index (χ0v) is 19.5. The van der Waals surface area contributed by atoms with Gasteiger partial charge in [0, 0.05) is 61.8 Å². The number of nitrogens with zero attached hydrogens (tertiary/aromatic N) is 4. The van der Waals surface area contributed by atoms with E-state index in [1.165, 1.54) is 5.56 Å². The molecule has 0 bridgehead atoms. The van der Waals surface area contributed by atoms with Crippen molar-refractivity contribution in [1.29, 1.82) is 0 Å². The molecule has 6 nitrogen and oxygen atoms in total. The summed E-state index contributed by atoms with van der Waals surface area (Å²) in [5.41, 5.74) is 3.29. The van der Waals surface area contributed by atoms with Crippen LogP contribution in [0.3, 0.4) is 0 Å². The van der Waals surface area contributed by atoms with Crippen molar-refractivity contribution >= 4 is 17.4 Å². The summed E-state index contributed by atoms with van der Waals surface area (Å²) in [6.07, 6.45) is 1.89. The number of hydrogen-bond donors (Lipinski definition) is 2. The SMILES string of the molecule is CC(C)NC[C@@H](CN1CCN(c2ncnc3c2[C@H](C)C[C@H]3O)CC1)c1ccc(Cl)cc1. The number of nitrogens with one attached hydrogen (secondary N) is 1. The molecule has 1 aliphatic carbocycles. The number of aliphatic hydroxyl groups excluding tert-OH is 1. The van der Waals surface area contributed by atoms with Gasteiger partial charge in [-0.1, -0.05) is 44.5 Å². The van der Waals surface area contributed by atoms with Crippen molar-refractivity contribution < 1.29 is 5.11 Å². The fraction of sp³-hybridized carbons (Fsp3) is 0.583. The minimum absolute atomic E-state index is 0.302. The lowest BCUT2D eigenvalue weighted by Gasteiger charge is -2.38. The van der Waals surface area contributed by atoms with Gasteiger partial charge in [-0.2, -0.15) is 0 Å². The van der Waals surface area contributed by atoms with E-state index < -0.39 is 6.10 Å². The first-order chi connectivity index (χ1) is 14.9. The van der Waals surface area contributed by atoms with E-state index in [1.54, 1.807) is 6.33 Å². The van der Waals surface area contributed by atoms with Crippen LogP contribution in [0.1, 0.15) is 62.0 Å². The fourth-order valence-electron chi connectivity index (χ4n) is 4.81. The molecule has 1 fully saturated rings. The topological polar surface area (TPSA) is 64.5 Å². The predicted molar refractivity (Wildman–Crippen MR) is 126 cm³/mol. The van der Waals surface area contributed by atoms with Crippen molar-refractivity contribution in [3.8, 4) is 0 Å². The Morgan fingerprint density at radius 2 is 1.84 bits per heavy atom. The number of aliphatic hydroxyl groups is 1. The van der Waals surface area contributed by atoms with Crippen molar-refractivity contribution in [1.82, 2.24) is 20.2 Å². The average Bonchev–Trinajstić information content (AvgIpc) is 3.06. The summed E-state index contributed by atoms with van der Waals surface area (Å²) >= 11 is 6.11. The Labute approximate surface area is 190 Å². The van der Waals surface area contributed by atoms with E-state index in [0.29, 0.717) is 17.9 Å². The van der Waals surface area contributed by atoms with Gasteiger partial charge in [0.2, 0.25) is 0 Å². The Kier molecular flexibility index (Phi) is 7.12. The molecule has 1 saturated heterocycles. The van der Waals surface area contributed by atoms with Crippen LogP contribution in [0.5, 0.6) is 0 Å². The van der Waals surface area contributed by atoms with Crippen LogP contribution < -0.4 is 10.2 Å². The second-order valence-electron chi connectivity index (χ2n) is 9.25. The first-order valence-corrected chi connectivity index (χ1v) is 11.8. The smallest absolute Gasteiger partial charge is 0.135 e. The summed E-state index contributed by atoms with van der Waals surface area (Å²) in [5, 5.41) is 14.7. The molecule has 4 rings (SSSR count). The Balaban J connectivity index is 1.41. The molecule has 0 radical (unpaired) electrons. The van der Waals surface area contributed by atoms with Crippen molar-refractivity contribution in [2.45, 2.75) is 51.2 Å². The highest BCUT2D eigenvalue weighted by Gasteiger charge is 2.33. The van der Waals surface area contributed by atoms with Crippen LogP contribution in [-0.2, 0) is 0 Å². The Hall–Kier alpha value is -1.73. The molecule has 2 heterocycles. The molecule has 1 aromatic heterocycles. The highest BCUT2D eigenvalue weighted by Crippen LogP contribution is 2.42. The molecular formula is C24H34ClN5O. The fourth-order valence-corrected chi connectivity index (χ4v) is 4.93. The van der Waals surface area contributed by atoms with Crippen LogP contribution in [0.2, 0.25) is 5.02 Å². The molecule has 0 spiro atoms. The number of piperazine rings is 1. The van der Waals surface area contributed by atoms with Gasteiger partial charge in [-0.05, 0) is 30.0 Å². The Morgan fingerprint density at radius 1 is 1.13 bits per heavy atom. The van der Waals surface area contributed by atoms with Crippen molar-refractivity contribution in [3.63, 3.8) is 0 Å². The minimum Gasteiger partial charge on any atom is -0.387 e.